The van der Waals surface area contributed by atoms with Gasteiger partial charge in [0, 0.05) is 23.2 Å². The smallest absolute Gasteiger partial charge is 0.412 e. The molecule has 0 aromatic carbocycles. The number of fused-ring (bicyclic) bond motifs is 1. The normalized spacial score (nSPS) is 18.0. The van der Waals surface area contributed by atoms with E-state index in [1.54, 1.807) is 29.8 Å². The van der Waals surface area contributed by atoms with Crippen molar-refractivity contribution in [1.82, 2.24) is 19.9 Å². The molecule has 10 nitrogen and oxygen atoms in total. The Labute approximate surface area is 154 Å². The second-order valence-electron chi connectivity index (χ2n) is 6.35. The summed E-state index contributed by atoms with van der Waals surface area (Å²) < 4.78 is 6.51. The minimum Gasteiger partial charge on any atom is -0.450 e. The van der Waals surface area contributed by atoms with Gasteiger partial charge >= 0.3 is 6.09 Å². The lowest BCUT2D eigenvalue weighted by Crippen LogP contribution is -2.19. The first-order chi connectivity index (χ1) is 13.0. The van der Waals surface area contributed by atoms with Crippen molar-refractivity contribution in [2.75, 3.05) is 17.2 Å². The lowest BCUT2D eigenvalue weighted by molar-refractivity contribution is -0.124. The Kier molecular flexibility index (Phi) is 4.22. The molecule has 1 aliphatic carbocycles. The largest absolute Gasteiger partial charge is 0.450 e. The molecule has 27 heavy (non-hydrogen) atoms. The quantitative estimate of drug-likeness (QED) is 0.535. The number of amides is 3. The second-order valence-corrected chi connectivity index (χ2v) is 6.35. The van der Waals surface area contributed by atoms with Crippen LogP contribution in [0.25, 0.3) is 11.7 Å². The van der Waals surface area contributed by atoms with Gasteiger partial charge in [-0.3, -0.25) is 20.2 Å². The second kappa shape index (κ2) is 6.71. The predicted octanol–water partition coefficient (Wildman–Crippen LogP) is 1.30. The molecule has 2 fully saturated rings. The number of anilines is 2. The maximum Gasteiger partial charge on any atom is 0.412 e. The molecule has 10 heteroatoms. The molecule has 1 saturated heterocycles. The van der Waals surface area contributed by atoms with E-state index in [-0.39, 0.29) is 18.9 Å². The minimum absolute atomic E-state index is 0.0180. The van der Waals surface area contributed by atoms with Crippen molar-refractivity contribution in [3.05, 3.63) is 23.4 Å². The first-order valence-corrected chi connectivity index (χ1v) is 8.67. The van der Waals surface area contributed by atoms with Crippen molar-refractivity contribution >= 4 is 41.3 Å². The molecule has 0 bridgehead atoms. The van der Waals surface area contributed by atoms with Crippen LogP contribution in [-0.2, 0) is 14.3 Å². The summed E-state index contributed by atoms with van der Waals surface area (Å²) in [6.07, 6.45) is 4.69. The number of carbonyl (C=O) groups is 3. The van der Waals surface area contributed by atoms with Crippen LogP contribution in [0, 0.1) is 0 Å². The average molecular weight is 370 g/mol. The minimum atomic E-state index is -0.605. The van der Waals surface area contributed by atoms with Crippen LogP contribution in [0.15, 0.2) is 17.8 Å². The Hall–Kier alpha value is -3.43. The molecule has 0 unspecified atom stereocenters. The van der Waals surface area contributed by atoms with Crippen LogP contribution < -0.4 is 16.0 Å². The Morgan fingerprint density at radius 3 is 2.93 bits per heavy atom. The molecule has 1 aliphatic heterocycles. The summed E-state index contributed by atoms with van der Waals surface area (Å²) in [5.74, 6) is 0.218. The zero-order valence-electron chi connectivity index (χ0n) is 14.6. The third-order valence-corrected chi connectivity index (χ3v) is 4.16. The van der Waals surface area contributed by atoms with Crippen LogP contribution in [0.4, 0.5) is 16.4 Å². The molecule has 2 aromatic rings. The third kappa shape index (κ3) is 3.59. The van der Waals surface area contributed by atoms with Gasteiger partial charge in [-0.2, -0.15) is 9.61 Å². The average Bonchev–Trinajstić information content (AvgIpc) is 3.24. The predicted molar refractivity (Wildman–Crippen MR) is 96.0 cm³/mol. The van der Waals surface area contributed by atoms with Gasteiger partial charge in [-0.1, -0.05) is 0 Å². The molecule has 140 valence electrons. The molecule has 3 heterocycles. The number of nitrogens with zero attached hydrogens (tertiary/aromatic N) is 3. The summed E-state index contributed by atoms with van der Waals surface area (Å²) in [5, 5.41) is 12.5. The van der Waals surface area contributed by atoms with E-state index < -0.39 is 12.0 Å². The lowest BCUT2D eigenvalue weighted by Gasteiger charge is -2.10. The number of imide groups is 1. The van der Waals surface area contributed by atoms with E-state index in [9.17, 15) is 14.4 Å². The van der Waals surface area contributed by atoms with Gasteiger partial charge in [-0.25, -0.2) is 9.78 Å². The summed E-state index contributed by atoms with van der Waals surface area (Å²) in [4.78, 5) is 39.4. The SMILES string of the molecule is CCOC(=O)Nc1cc(NC2CC2)n2ncc(/C=C3\CC(=O)NC3=O)c2n1. The summed E-state index contributed by atoms with van der Waals surface area (Å²) in [6.45, 7) is 1.96. The first kappa shape index (κ1) is 17.0. The molecule has 1 saturated carbocycles. The molecular weight excluding hydrogens is 352 g/mol. The van der Waals surface area contributed by atoms with Crippen molar-refractivity contribution in [3.8, 4) is 0 Å². The number of hydrogen-bond acceptors (Lipinski definition) is 7. The Balaban J connectivity index is 1.74. The zero-order valence-corrected chi connectivity index (χ0v) is 14.6. The number of nitrogens with one attached hydrogen (secondary N) is 3. The maximum absolute atomic E-state index is 11.8. The monoisotopic (exact) mass is 370 g/mol. The van der Waals surface area contributed by atoms with Crippen molar-refractivity contribution in [1.29, 1.82) is 0 Å². The number of rotatable bonds is 5. The highest BCUT2D eigenvalue weighted by Crippen LogP contribution is 2.28. The molecule has 2 aromatic heterocycles. The van der Waals surface area contributed by atoms with Gasteiger partial charge in [0.05, 0.1) is 19.2 Å². The third-order valence-electron chi connectivity index (χ3n) is 4.16. The van der Waals surface area contributed by atoms with Gasteiger partial charge in [0.2, 0.25) is 5.91 Å². The van der Waals surface area contributed by atoms with Crippen LogP contribution in [-0.4, -0.2) is 45.2 Å². The van der Waals surface area contributed by atoms with Gasteiger partial charge in [0.1, 0.15) is 11.6 Å². The van der Waals surface area contributed by atoms with Crippen molar-refractivity contribution in [3.63, 3.8) is 0 Å². The highest BCUT2D eigenvalue weighted by Gasteiger charge is 2.26. The summed E-state index contributed by atoms with van der Waals surface area (Å²) in [6, 6.07) is 2.04. The molecule has 4 rings (SSSR count). The van der Waals surface area contributed by atoms with Crippen molar-refractivity contribution < 1.29 is 19.1 Å². The molecule has 0 radical (unpaired) electrons. The number of hydrogen-bond donors (Lipinski definition) is 3. The van der Waals surface area contributed by atoms with Gasteiger partial charge in [-0.05, 0) is 25.8 Å². The van der Waals surface area contributed by atoms with Crippen LogP contribution >= 0.6 is 0 Å². The summed E-state index contributed by atoms with van der Waals surface area (Å²) >= 11 is 0. The first-order valence-electron chi connectivity index (χ1n) is 8.67. The molecular formula is C17H18N6O4. The molecule has 3 amide bonds. The molecule has 0 atom stereocenters. The van der Waals surface area contributed by atoms with E-state index in [0.717, 1.165) is 12.8 Å². The van der Waals surface area contributed by atoms with E-state index in [4.69, 9.17) is 4.74 Å². The maximum atomic E-state index is 11.8. The van der Waals surface area contributed by atoms with Crippen LogP contribution in [0.3, 0.4) is 0 Å². The van der Waals surface area contributed by atoms with Crippen LogP contribution in [0.5, 0.6) is 0 Å². The van der Waals surface area contributed by atoms with Gasteiger partial charge < -0.3 is 10.1 Å². The Morgan fingerprint density at radius 1 is 1.44 bits per heavy atom. The fourth-order valence-electron chi connectivity index (χ4n) is 2.77. The Morgan fingerprint density at radius 2 is 2.26 bits per heavy atom. The number of ether oxygens (including phenoxy) is 1. The van der Waals surface area contributed by atoms with E-state index in [1.807, 2.05) is 0 Å². The van der Waals surface area contributed by atoms with E-state index in [0.29, 0.717) is 34.5 Å². The van der Waals surface area contributed by atoms with Crippen molar-refractivity contribution in [2.24, 2.45) is 0 Å². The fraction of sp³-hybridized carbons (Fsp3) is 0.353. The zero-order chi connectivity index (χ0) is 19.0. The molecule has 0 spiro atoms. The highest BCUT2D eigenvalue weighted by atomic mass is 16.5. The number of aromatic nitrogens is 3. The summed E-state index contributed by atoms with van der Waals surface area (Å²) in [5.41, 5.74) is 1.37. The summed E-state index contributed by atoms with van der Waals surface area (Å²) in [7, 11) is 0. The molecule has 2 aliphatic rings. The van der Waals surface area contributed by atoms with E-state index >= 15 is 0 Å². The highest BCUT2D eigenvalue weighted by molar-refractivity contribution is 6.15. The fourth-order valence-corrected chi connectivity index (χ4v) is 2.77. The lowest BCUT2D eigenvalue weighted by atomic mass is 10.1. The van der Waals surface area contributed by atoms with Gasteiger partial charge in [0.25, 0.3) is 5.91 Å². The molecule has 3 N–H and O–H groups in total. The topological polar surface area (TPSA) is 127 Å². The van der Waals surface area contributed by atoms with Gasteiger partial charge in [-0.15, -0.1) is 0 Å². The van der Waals surface area contributed by atoms with Crippen LogP contribution in [0.2, 0.25) is 0 Å². The van der Waals surface area contributed by atoms with Crippen molar-refractivity contribution in [2.45, 2.75) is 32.2 Å². The number of carbonyl (C=O) groups excluding carboxylic acids is 3. The Bertz CT molecular complexity index is 975. The van der Waals surface area contributed by atoms with E-state index in [2.05, 4.69) is 26.0 Å². The van der Waals surface area contributed by atoms with Crippen LogP contribution in [0.1, 0.15) is 31.7 Å². The van der Waals surface area contributed by atoms with E-state index in [1.165, 1.54) is 0 Å². The van der Waals surface area contributed by atoms with Gasteiger partial charge in [0.15, 0.2) is 5.65 Å². The standard InChI is InChI=1S/C17H18N6O4/c1-2-27-17(26)21-12-7-13(19-11-3-4-11)23-15(20-12)10(8-18-23)5-9-6-14(24)22-16(9)25/h5,7-8,11,19H,2-4,6H2,1H3,(H,20,21,26)(H,22,24,25)/b9-5+.